The lowest BCUT2D eigenvalue weighted by molar-refractivity contribution is -0.134. The van der Waals surface area contributed by atoms with Gasteiger partial charge in [0.1, 0.15) is 17.5 Å². The van der Waals surface area contributed by atoms with Crippen molar-refractivity contribution in [2.75, 3.05) is 43.7 Å². The number of hydrogen-bond donors (Lipinski definition) is 2. The predicted octanol–water partition coefficient (Wildman–Crippen LogP) is 3.62. The van der Waals surface area contributed by atoms with Crippen molar-refractivity contribution in [2.45, 2.75) is 31.9 Å². The minimum atomic E-state index is -3.07. The number of carbonyl (C=O) groups is 4. The molecule has 0 aromatic heterocycles. The molecule has 0 aliphatic carbocycles. The first-order chi connectivity index (χ1) is 20.7. The van der Waals surface area contributed by atoms with E-state index in [0.29, 0.717) is 48.2 Å². The van der Waals surface area contributed by atoms with Crippen molar-refractivity contribution in [3.63, 3.8) is 0 Å². The summed E-state index contributed by atoms with van der Waals surface area (Å²) in [6.45, 7) is -1.65. The third-order valence-corrected chi connectivity index (χ3v) is 7.30. The smallest absolute Gasteiger partial charge is 0.419 e. The third kappa shape index (κ3) is 6.27. The van der Waals surface area contributed by atoms with Crippen molar-refractivity contribution in [2.24, 2.45) is 0 Å². The fraction of sp³-hybridized carbons (Fsp3) is 0.333. The maximum absolute atomic E-state index is 13.5. The number of nitrogens with zero attached hydrogens (tertiary/aromatic N) is 2. The van der Waals surface area contributed by atoms with Crippen LogP contribution in [0, 0.1) is 0 Å². The highest BCUT2D eigenvalue weighted by Gasteiger charge is 2.41. The molecule has 2 heterocycles. The number of likely N-dealkylation sites (N-methyl/N-ethyl adjacent to an activating group) is 1. The molecule has 1 unspecified atom stereocenters. The van der Waals surface area contributed by atoms with E-state index < -0.39 is 36.5 Å². The monoisotopic (exact) mass is 596 g/mol. The summed E-state index contributed by atoms with van der Waals surface area (Å²) in [7, 11) is 3.21. The molecule has 0 spiro atoms. The number of alkyl halides is 2. The van der Waals surface area contributed by atoms with Crippen molar-refractivity contribution in [1.82, 2.24) is 10.6 Å². The van der Waals surface area contributed by atoms with E-state index in [2.05, 4.69) is 10.6 Å². The Bertz CT molecular complexity index is 1580. The largest absolute Gasteiger partial charge is 0.434 e. The number of carbonyl (C=O) groups excluding carboxylic acids is 4. The highest BCUT2D eigenvalue weighted by atomic mass is 19.3. The molecule has 4 amide bonds. The Labute approximate surface area is 245 Å². The van der Waals surface area contributed by atoms with Crippen LogP contribution in [0.1, 0.15) is 28.8 Å². The molecule has 11 nitrogen and oxygen atoms in total. The second-order valence-electron chi connectivity index (χ2n) is 10.1. The fourth-order valence-electron chi connectivity index (χ4n) is 5.18. The maximum Gasteiger partial charge on any atom is 0.419 e. The SMILES string of the molecule is CNCCOCCc1ccc(N(C)C(=O)Oc2cc3c4c(cccc4c2)N(C2CCC(=O)NC2=O)C3=O)cc1OC(F)F. The number of piperidine rings is 1. The van der Waals surface area contributed by atoms with Gasteiger partial charge in [-0.15, -0.1) is 0 Å². The molecule has 1 saturated heterocycles. The molecule has 3 aromatic carbocycles. The number of nitrogens with one attached hydrogen (secondary N) is 2. The summed E-state index contributed by atoms with van der Waals surface area (Å²) in [6, 6.07) is 11.8. The quantitative estimate of drug-likeness (QED) is 0.254. The van der Waals surface area contributed by atoms with E-state index in [4.69, 9.17) is 14.2 Å². The molecule has 0 bridgehead atoms. The first-order valence-corrected chi connectivity index (χ1v) is 13.7. The minimum Gasteiger partial charge on any atom is -0.434 e. The Balaban J connectivity index is 1.34. The molecule has 0 saturated carbocycles. The van der Waals surface area contributed by atoms with Gasteiger partial charge in [0, 0.05) is 31.5 Å². The second-order valence-corrected chi connectivity index (χ2v) is 10.1. The molecule has 2 aliphatic rings. The highest BCUT2D eigenvalue weighted by molar-refractivity contribution is 6.27. The van der Waals surface area contributed by atoms with E-state index >= 15 is 0 Å². The van der Waals surface area contributed by atoms with Gasteiger partial charge >= 0.3 is 12.7 Å². The van der Waals surface area contributed by atoms with Crippen LogP contribution in [-0.2, 0) is 20.7 Å². The fourth-order valence-corrected chi connectivity index (χ4v) is 5.18. The van der Waals surface area contributed by atoms with Crippen molar-refractivity contribution in [3.8, 4) is 11.5 Å². The van der Waals surface area contributed by atoms with Gasteiger partial charge in [-0.25, -0.2) is 4.79 Å². The van der Waals surface area contributed by atoms with E-state index in [1.807, 2.05) is 0 Å². The van der Waals surface area contributed by atoms with E-state index in [9.17, 15) is 28.0 Å². The zero-order valence-corrected chi connectivity index (χ0v) is 23.5. The van der Waals surface area contributed by atoms with Gasteiger partial charge in [0.05, 0.1) is 30.2 Å². The number of anilines is 2. The van der Waals surface area contributed by atoms with Crippen molar-refractivity contribution < 1.29 is 42.2 Å². The van der Waals surface area contributed by atoms with Gasteiger partial charge < -0.3 is 19.5 Å². The van der Waals surface area contributed by atoms with Crippen LogP contribution in [0.4, 0.5) is 25.0 Å². The van der Waals surface area contributed by atoms with Crippen molar-refractivity contribution in [1.29, 1.82) is 0 Å². The van der Waals surface area contributed by atoms with Gasteiger partial charge in [-0.3, -0.25) is 29.5 Å². The van der Waals surface area contributed by atoms with Crippen LogP contribution < -0.4 is 29.9 Å². The molecule has 5 rings (SSSR count). The molecule has 1 fully saturated rings. The topological polar surface area (TPSA) is 127 Å². The molecule has 1 atom stereocenters. The molecule has 226 valence electrons. The summed E-state index contributed by atoms with van der Waals surface area (Å²) in [4.78, 5) is 53.3. The molecular weight excluding hydrogens is 566 g/mol. The van der Waals surface area contributed by atoms with Crippen LogP contribution in [-0.4, -0.2) is 70.3 Å². The van der Waals surface area contributed by atoms with Gasteiger partial charge in [0.15, 0.2) is 0 Å². The molecule has 43 heavy (non-hydrogen) atoms. The van der Waals surface area contributed by atoms with Crippen LogP contribution in [0.25, 0.3) is 10.8 Å². The van der Waals surface area contributed by atoms with Crippen LogP contribution in [0.5, 0.6) is 11.5 Å². The highest BCUT2D eigenvalue weighted by Crippen LogP contribution is 2.41. The summed E-state index contributed by atoms with van der Waals surface area (Å²) >= 11 is 0. The predicted molar refractivity (Wildman–Crippen MR) is 153 cm³/mol. The lowest BCUT2D eigenvalue weighted by atomic mass is 10.0. The number of hydrogen-bond acceptors (Lipinski definition) is 8. The zero-order chi connectivity index (χ0) is 30.7. The van der Waals surface area contributed by atoms with Gasteiger partial charge in [-0.2, -0.15) is 8.78 Å². The summed E-state index contributed by atoms with van der Waals surface area (Å²) in [5, 5.41) is 6.44. The van der Waals surface area contributed by atoms with E-state index in [0.717, 1.165) is 4.90 Å². The maximum atomic E-state index is 13.5. The molecule has 3 aromatic rings. The van der Waals surface area contributed by atoms with E-state index in [1.165, 1.54) is 24.1 Å². The molecular formula is C30H30F2N4O7. The second kappa shape index (κ2) is 12.7. The number of halogens is 2. The summed E-state index contributed by atoms with van der Waals surface area (Å²) in [5.41, 5.74) is 1.51. The first kappa shape index (κ1) is 29.9. The Hall–Kier alpha value is -4.62. The van der Waals surface area contributed by atoms with Crippen LogP contribution in [0.3, 0.4) is 0 Å². The number of rotatable bonds is 11. The lowest BCUT2D eigenvalue weighted by Gasteiger charge is -2.30. The lowest BCUT2D eigenvalue weighted by Crippen LogP contribution is -2.53. The third-order valence-electron chi connectivity index (χ3n) is 7.30. The Morgan fingerprint density at radius 1 is 1.14 bits per heavy atom. The molecule has 2 N–H and O–H groups in total. The summed E-state index contributed by atoms with van der Waals surface area (Å²) in [6.07, 6.45) is -0.211. The van der Waals surface area contributed by atoms with E-state index in [-0.39, 0.29) is 35.6 Å². The Morgan fingerprint density at radius 3 is 2.70 bits per heavy atom. The average molecular weight is 597 g/mol. The number of ether oxygens (including phenoxy) is 3. The number of benzene rings is 3. The van der Waals surface area contributed by atoms with Crippen molar-refractivity contribution in [3.05, 3.63) is 59.7 Å². The summed E-state index contributed by atoms with van der Waals surface area (Å²) in [5.74, 6) is -1.40. The Kier molecular flexibility index (Phi) is 8.83. The standard InChI is InChI=1S/C30H30F2N4O7/c1-33-11-13-41-12-10-17-6-7-19(15-24(17)43-29(31)32)35(2)30(40)42-20-14-18-4-3-5-22-26(18)21(16-20)28(39)36(22)23-8-9-25(37)34-27(23)38/h3-7,14-16,23,29,33H,8-13H2,1-2H3,(H,34,37,38). The van der Waals surface area contributed by atoms with Crippen LogP contribution in [0.15, 0.2) is 48.5 Å². The summed E-state index contributed by atoms with van der Waals surface area (Å²) < 4.78 is 42.1. The number of amides is 4. The average Bonchev–Trinajstić information content (AvgIpc) is 3.25. The first-order valence-electron chi connectivity index (χ1n) is 13.7. The molecule has 0 radical (unpaired) electrons. The van der Waals surface area contributed by atoms with Crippen LogP contribution in [0.2, 0.25) is 0 Å². The van der Waals surface area contributed by atoms with Crippen molar-refractivity contribution >= 4 is 46.0 Å². The number of imide groups is 1. The van der Waals surface area contributed by atoms with Gasteiger partial charge in [0.2, 0.25) is 11.8 Å². The van der Waals surface area contributed by atoms with Gasteiger partial charge in [-0.1, -0.05) is 18.2 Å². The van der Waals surface area contributed by atoms with Crippen LogP contribution >= 0.6 is 0 Å². The van der Waals surface area contributed by atoms with Gasteiger partial charge in [-0.05, 0) is 55.1 Å². The minimum absolute atomic E-state index is 0.0781. The van der Waals surface area contributed by atoms with Gasteiger partial charge in [0.25, 0.3) is 5.91 Å². The zero-order valence-electron chi connectivity index (χ0n) is 23.5. The van der Waals surface area contributed by atoms with E-state index in [1.54, 1.807) is 43.4 Å². The normalized spacial score (nSPS) is 16.2. The molecule has 2 aliphatic heterocycles. The Morgan fingerprint density at radius 2 is 1.95 bits per heavy atom. The molecule has 13 heteroatoms.